The molecule has 0 aliphatic rings. The fourth-order valence-corrected chi connectivity index (χ4v) is 3.23. The van der Waals surface area contributed by atoms with E-state index in [1.54, 1.807) is 11.3 Å². The average molecular weight is 291 g/mol. The lowest BCUT2D eigenvalue weighted by Crippen LogP contribution is -1.93. The lowest BCUT2D eigenvalue weighted by atomic mass is 10.1. The summed E-state index contributed by atoms with van der Waals surface area (Å²) in [6.07, 6.45) is 1.25. The van der Waals surface area contributed by atoms with Crippen LogP contribution in [0.5, 0.6) is 0 Å². The van der Waals surface area contributed by atoms with E-state index >= 15 is 0 Å². The first-order valence-corrected chi connectivity index (χ1v) is 7.39. The number of nitriles is 1. The Balaban J connectivity index is 2.23. The molecule has 0 radical (unpaired) electrons. The van der Waals surface area contributed by atoms with E-state index in [1.807, 2.05) is 24.3 Å². The Morgan fingerprint density at radius 2 is 2.00 bits per heavy atom. The largest absolute Gasteiger partial charge is 0.245 e. The quantitative estimate of drug-likeness (QED) is 0.826. The minimum absolute atomic E-state index is 0.360. The Labute approximate surface area is 122 Å². The molecule has 0 saturated heterocycles. The van der Waals surface area contributed by atoms with Crippen LogP contribution in [0.4, 0.5) is 0 Å². The van der Waals surface area contributed by atoms with Gasteiger partial charge in [-0.15, -0.1) is 11.3 Å². The number of nitrogens with zero attached hydrogens (tertiary/aromatic N) is 2. The van der Waals surface area contributed by atoms with Crippen molar-refractivity contribution in [3.05, 3.63) is 50.4 Å². The van der Waals surface area contributed by atoms with Gasteiger partial charge in [-0.25, -0.2) is 4.98 Å². The van der Waals surface area contributed by atoms with Crippen LogP contribution in [0.1, 0.15) is 40.9 Å². The first kappa shape index (κ1) is 14.0. The Hall–Kier alpha value is -1.37. The van der Waals surface area contributed by atoms with Crippen LogP contribution in [0.2, 0.25) is 5.02 Å². The average Bonchev–Trinajstić information content (AvgIpc) is 2.76. The van der Waals surface area contributed by atoms with Crippen LogP contribution in [-0.4, -0.2) is 4.98 Å². The molecule has 1 aromatic heterocycles. The van der Waals surface area contributed by atoms with Crippen LogP contribution in [0, 0.1) is 11.3 Å². The van der Waals surface area contributed by atoms with Crippen LogP contribution in [0.25, 0.3) is 0 Å². The predicted octanol–water partition coefficient (Wildman–Crippen LogP) is 4.58. The maximum Gasteiger partial charge on any atom is 0.0975 e. The normalized spacial score (nSPS) is 10.7. The van der Waals surface area contributed by atoms with E-state index in [-0.39, 0.29) is 0 Å². The Bertz CT molecular complexity index is 594. The summed E-state index contributed by atoms with van der Waals surface area (Å²) in [5.41, 5.74) is 2.26. The van der Waals surface area contributed by atoms with E-state index in [2.05, 4.69) is 24.9 Å². The molecule has 2 nitrogen and oxygen atoms in total. The van der Waals surface area contributed by atoms with Gasteiger partial charge in [0.1, 0.15) is 0 Å². The van der Waals surface area contributed by atoms with Crippen molar-refractivity contribution in [2.45, 2.75) is 32.6 Å². The standard InChI is InChI=1S/C15H15ClN2S/c1-10(2)15-13(7-8-17)19-14(18-15)9-11-3-5-12(16)6-4-11/h3-6,10H,7,9H2,1-2H3. The minimum Gasteiger partial charge on any atom is -0.245 e. The summed E-state index contributed by atoms with van der Waals surface area (Å²) in [6.45, 7) is 4.23. The third-order valence-corrected chi connectivity index (χ3v) is 4.15. The number of hydrogen-bond donors (Lipinski definition) is 0. The molecule has 4 heteroatoms. The van der Waals surface area contributed by atoms with Gasteiger partial charge in [-0.05, 0) is 23.6 Å². The monoisotopic (exact) mass is 290 g/mol. The highest BCUT2D eigenvalue weighted by Crippen LogP contribution is 2.27. The van der Waals surface area contributed by atoms with Gasteiger partial charge in [0.2, 0.25) is 0 Å². The third kappa shape index (κ3) is 3.56. The van der Waals surface area contributed by atoms with Crippen molar-refractivity contribution in [3.8, 4) is 6.07 Å². The second-order valence-electron chi connectivity index (χ2n) is 4.71. The van der Waals surface area contributed by atoms with Crippen LogP contribution >= 0.6 is 22.9 Å². The van der Waals surface area contributed by atoms with Gasteiger partial charge in [0.15, 0.2) is 0 Å². The highest BCUT2D eigenvalue weighted by molar-refractivity contribution is 7.11. The Morgan fingerprint density at radius 3 is 2.58 bits per heavy atom. The topological polar surface area (TPSA) is 36.7 Å². The Morgan fingerprint density at radius 1 is 1.32 bits per heavy atom. The molecule has 1 heterocycles. The SMILES string of the molecule is CC(C)c1nc(Cc2ccc(Cl)cc2)sc1CC#N. The molecule has 0 aliphatic heterocycles. The highest BCUT2D eigenvalue weighted by Gasteiger charge is 2.14. The molecular formula is C15H15ClN2S. The first-order valence-electron chi connectivity index (χ1n) is 6.20. The molecule has 0 fully saturated rings. The smallest absolute Gasteiger partial charge is 0.0975 e. The Kier molecular flexibility index (Phi) is 4.57. The van der Waals surface area contributed by atoms with Gasteiger partial charge in [0, 0.05) is 16.3 Å². The number of thiazole rings is 1. The molecule has 0 amide bonds. The van der Waals surface area contributed by atoms with Crippen molar-refractivity contribution < 1.29 is 0 Å². The van der Waals surface area contributed by atoms with Gasteiger partial charge in [-0.1, -0.05) is 37.6 Å². The summed E-state index contributed by atoms with van der Waals surface area (Å²) in [6, 6.07) is 10.0. The lowest BCUT2D eigenvalue weighted by Gasteiger charge is -2.01. The van der Waals surface area contributed by atoms with E-state index in [4.69, 9.17) is 16.9 Å². The number of aromatic nitrogens is 1. The summed E-state index contributed by atoms with van der Waals surface area (Å²) < 4.78 is 0. The van der Waals surface area contributed by atoms with Crippen LogP contribution in [0.15, 0.2) is 24.3 Å². The van der Waals surface area contributed by atoms with Crippen LogP contribution in [0.3, 0.4) is 0 Å². The van der Waals surface area contributed by atoms with E-state index < -0.39 is 0 Å². The second kappa shape index (κ2) is 6.18. The molecule has 0 unspecified atom stereocenters. The van der Waals surface area contributed by atoms with Gasteiger partial charge in [-0.3, -0.25) is 0 Å². The molecule has 98 valence electrons. The van der Waals surface area contributed by atoms with E-state index in [0.29, 0.717) is 12.3 Å². The summed E-state index contributed by atoms with van der Waals surface area (Å²) >= 11 is 7.52. The van der Waals surface area contributed by atoms with Crippen molar-refractivity contribution in [1.29, 1.82) is 5.26 Å². The lowest BCUT2D eigenvalue weighted by molar-refractivity contribution is 0.813. The maximum absolute atomic E-state index is 8.87. The van der Waals surface area contributed by atoms with Gasteiger partial charge in [0.05, 0.1) is 23.2 Å². The van der Waals surface area contributed by atoms with Crippen molar-refractivity contribution in [3.63, 3.8) is 0 Å². The van der Waals surface area contributed by atoms with Crippen LogP contribution in [-0.2, 0) is 12.8 Å². The molecule has 0 bridgehead atoms. The fraction of sp³-hybridized carbons (Fsp3) is 0.333. The van der Waals surface area contributed by atoms with Crippen molar-refractivity contribution in [2.75, 3.05) is 0 Å². The second-order valence-corrected chi connectivity index (χ2v) is 6.31. The molecule has 1 aromatic carbocycles. The summed E-state index contributed by atoms with van der Waals surface area (Å²) in [4.78, 5) is 5.78. The van der Waals surface area contributed by atoms with E-state index in [1.165, 1.54) is 5.56 Å². The molecule has 0 atom stereocenters. The van der Waals surface area contributed by atoms with Gasteiger partial charge < -0.3 is 0 Å². The molecule has 0 aliphatic carbocycles. The summed E-state index contributed by atoms with van der Waals surface area (Å²) in [5, 5.41) is 10.7. The summed E-state index contributed by atoms with van der Waals surface area (Å²) in [5.74, 6) is 0.360. The van der Waals surface area contributed by atoms with Crippen molar-refractivity contribution >= 4 is 22.9 Å². The zero-order valence-electron chi connectivity index (χ0n) is 11.0. The summed E-state index contributed by atoms with van der Waals surface area (Å²) in [7, 11) is 0. The first-order chi connectivity index (χ1) is 9.10. The van der Waals surface area contributed by atoms with Crippen LogP contribution < -0.4 is 0 Å². The molecule has 19 heavy (non-hydrogen) atoms. The van der Waals surface area contributed by atoms with Gasteiger partial charge in [0.25, 0.3) is 0 Å². The van der Waals surface area contributed by atoms with Crippen molar-refractivity contribution in [1.82, 2.24) is 4.98 Å². The number of benzene rings is 1. The maximum atomic E-state index is 8.87. The minimum atomic E-state index is 0.360. The van der Waals surface area contributed by atoms with E-state index in [0.717, 1.165) is 27.0 Å². The molecule has 0 saturated carbocycles. The highest BCUT2D eigenvalue weighted by atomic mass is 35.5. The molecule has 2 aromatic rings. The third-order valence-electron chi connectivity index (χ3n) is 2.83. The number of hydrogen-bond acceptors (Lipinski definition) is 3. The molecule has 2 rings (SSSR count). The molecule has 0 N–H and O–H groups in total. The number of rotatable bonds is 4. The van der Waals surface area contributed by atoms with Gasteiger partial charge in [-0.2, -0.15) is 5.26 Å². The predicted molar refractivity (Wildman–Crippen MR) is 79.8 cm³/mol. The van der Waals surface area contributed by atoms with Crippen molar-refractivity contribution in [2.24, 2.45) is 0 Å². The zero-order chi connectivity index (χ0) is 13.8. The van der Waals surface area contributed by atoms with Gasteiger partial charge >= 0.3 is 0 Å². The molecular weight excluding hydrogens is 276 g/mol. The van der Waals surface area contributed by atoms with E-state index in [9.17, 15) is 0 Å². The zero-order valence-corrected chi connectivity index (χ0v) is 12.6. The number of halogens is 1. The fourth-order valence-electron chi connectivity index (χ4n) is 1.92. The molecule has 0 spiro atoms.